The molecule has 0 saturated carbocycles. The monoisotopic (exact) mass is 227 g/mol. The molecular weight excluding hydrogens is 214 g/mol. The number of hydrogen-bond donors (Lipinski definition) is 1. The second kappa shape index (κ2) is 3.82. The van der Waals surface area contributed by atoms with Gasteiger partial charge in [-0.15, -0.1) is 0 Å². The molecule has 0 aliphatic heterocycles. The molecule has 0 aliphatic carbocycles. The maximum absolute atomic E-state index is 9.27. The molecule has 1 atom stereocenters. The van der Waals surface area contributed by atoms with Gasteiger partial charge in [0, 0.05) is 5.39 Å². The summed E-state index contributed by atoms with van der Waals surface area (Å²) in [6.07, 6.45) is 3.54. The van der Waals surface area contributed by atoms with E-state index in [1.807, 2.05) is 35.8 Å². The van der Waals surface area contributed by atoms with Crippen molar-refractivity contribution in [1.29, 1.82) is 0 Å². The zero-order valence-electron chi connectivity index (χ0n) is 9.54. The molecule has 1 unspecified atom stereocenters. The number of para-hydroxylation sites is 1. The molecule has 4 heteroatoms. The highest BCUT2D eigenvalue weighted by Crippen LogP contribution is 2.24. The van der Waals surface area contributed by atoms with Crippen LogP contribution in [0.25, 0.3) is 21.9 Å². The Morgan fingerprint density at radius 2 is 2.06 bits per heavy atom. The SMILES string of the molecule is CC(CO)n1cnc2cnc3ccccc3c21. The van der Waals surface area contributed by atoms with E-state index in [9.17, 15) is 5.11 Å². The number of pyridine rings is 1. The standard InChI is InChI=1S/C13H13N3O/c1-9(7-17)16-8-15-12-6-14-11-5-3-2-4-10(11)13(12)16/h2-6,8-9,17H,7H2,1H3. The second-order valence-electron chi connectivity index (χ2n) is 4.19. The molecule has 0 spiro atoms. The largest absolute Gasteiger partial charge is 0.394 e. The van der Waals surface area contributed by atoms with E-state index in [0.29, 0.717) is 0 Å². The minimum absolute atomic E-state index is 0.0193. The van der Waals surface area contributed by atoms with E-state index in [1.54, 1.807) is 12.5 Å². The van der Waals surface area contributed by atoms with Crippen molar-refractivity contribution in [3.8, 4) is 0 Å². The number of nitrogens with zero attached hydrogens (tertiary/aromatic N) is 3. The van der Waals surface area contributed by atoms with Gasteiger partial charge < -0.3 is 9.67 Å². The van der Waals surface area contributed by atoms with E-state index in [1.165, 1.54) is 0 Å². The average molecular weight is 227 g/mol. The van der Waals surface area contributed by atoms with Gasteiger partial charge in [0.15, 0.2) is 0 Å². The van der Waals surface area contributed by atoms with Gasteiger partial charge in [0.1, 0.15) is 5.52 Å². The number of hydrogen-bond acceptors (Lipinski definition) is 3. The van der Waals surface area contributed by atoms with Crippen molar-refractivity contribution in [2.45, 2.75) is 13.0 Å². The number of fused-ring (bicyclic) bond motifs is 3. The predicted molar refractivity (Wildman–Crippen MR) is 66.8 cm³/mol. The van der Waals surface area contributed by atoms with Crippen molar-refractivity contribution in [1.82, 2.24) is 14.5 Å². The van der Waals surface area contributed by atoms with Crippen LogP contribution in [0.3, 0.4) is 0 Å². The maximum atomic E-state index is 9.27. The van der Waals surface area contributed by atoms with Crippen molar-refractivity contribution in [2.24, 2.45) is 0 Å². The number of benzene rings is 1. The van der Waals surface area contributed by atoms with Crippen molar-refractivity contribution < 1.29 is 5.11 Å². The first-order valence-electron chi connectivity index (χ1n) is 5.62. The third-order valence-electron chi connectivity index (χ3n) is 3.05. The van der Waals surface area contributed by atoms with Gasteiger partial charge in [0.05, 0.1) is 36.2 Å². The summed E-state index contributed by atoms with van der Waals surface area (Å²) in [5, 5.41) is 10.3. The Balaban J connectivity index is 2.42. The molecule has 86 valence electrons. The van der Waals surface area contributed by atoms with Crippen molar-refractivity contribution in [3.05, 3.63) is 36.8 Å². The van der Waals surface area contributed by atoms with Crippen LogP contribution in [-0.4, -0.2) is 26.2 Å². The zero-order valence-corrected chi connectivity index (χ0v) is 9.54. The third-order valence-corrected chi connectivity index (χ3v) is 3.05. The van der Waals surface area contributed by atoms with Crippen LogP contribution in [0.15, 0.2) is 36.8 Å². The van der Waals surface area contributed by atoms with Gasteiger partial charge in [-0.1, -0.05) is 18.2 Å². The van der Waals surface area contributed by atoms with E-state index >= 15 is 0 Å². The van der Waals surface area contributed by atoms with Gasteiger partial charge in [0.2, 0.25) is 0 Å². The van der Waals surface area contributed by atoms with Gasteiger partial charge in [-0.2, -0.15) is 0 Å². The summed E-state index contributed by atoms with van der Waals surface area (Å²) in [6, 6.07) is 8.00. The Morgan fingerprint density at radius 3 is 2.88 bits per heavy atom. The van der Waals surface area contributed by atoms with Crippen LogP contribution in [-0.2, 0) is 0 Å². The van der Waals surface area contributed by atoms with Gasteiger partial charge >= 0.3 is 0 Å². The molecule has 0 fully saturated rings. The van der Waals surface area contributed by atoms with E-state index in [4.69, 9.17) is 0 Å². The molecule has 0 bridgehead atoms. The molecule has 1 N–H and O–H groups in total. The Bertz CT molecular complexity index is 675. The molecule has 0 radical (unpaired) electrons. The molecule has 0 amide bonds. The first-order valence-corrected chi connectivity index (χ1v) is 5.62. The second-order valence-corrected chi connectivity index (χ2v) is 4.19. The van der Waals surface area contributed by atoms with Gasteiger partial charge in [-0.25, -0.2) is 4.98 Å². The van der Waals surface area contributed by atoms with Crippen molar-refractivity contribution >= 4 is 21.9 Å². The number of aliphatic hydroxyl groups excluding tert-OH is 1. The quantitative estimate of drug-likeness (QED) is 0.729. The Morgan fingerprint density at radius 1 is 1.24 bits per heavy atom. The van der Waals surface area contributed by atoms with Crippen molar-refractivity contribution in [3.63, 3.8) is 0 Å². The Kier molecular flexibility index (Phi) is 2.30. The van der Waals surface area contributed by atoms with Gasteiger partial charge in [-0.05, 0) is 13.0 Å². The van der Waals surface area contributed by atoms with Crippen LogP contribution in [0.2, 0.25) is 0 Å². The molecular formula is C13H13N3O. The predicted octanol–water partition coefficient (Wildman–Crippen LogP) is 2.14. The fourth-order valence-corrected chi connectivity index (χ4v) is 2.09. The lowest BCUT2D eigenvalue weighted by Crippen LogP contribution is -2.07. The van der Waals surface area contributed by atoms with E-state index < -0.39 is 0 Å². The highest BCUT2D eigenvalue weighted by atomic mass is 16.3. The summed E-state index contributed by atoms with van der Waals surface area (Å²) in [4.78, 5) is 8.70. The van der Waals surface area contributed by atoms with Crippen LogP contribution >= 0.6 is 0 Å². The third kappa shape index (κ3) is 1.49. The van der Waals surface area contributed by atoms with Gasteiger partial charge in [0.25, 0.3) is 0 Å². The van der Waals surface area contributed by atoms with Gasteiger partial charge in [-0.3, -0.25) is 4.98 Å². The highest BCUT2D eigenvalue weighted by Gasteiger charge is 2.11. The first-order chi connectivity index (χ1) is 8.31. The van der Waals surface area contributed by atoms with Crippen LogP contribution in [0.4, 0.5) is 0 Å². The lowest BCUT2D eigenvalue weighted by atomic mass is 10.2. The van der Waals surface area contributed by atoms with E-state index in [-0.39, 0.29) is 12.6 Å². The molecule has 3 aromatic rings. The normalized spacial score (nSPS) is 13.3. The van der Waals surface area contributed by atoms with Crippen LogP contribution < -0.4 is 0 Å². The Labute approximate surface area is 98.5 Å². The molecule has 2 heterocycles. The van der Waals surface area contributed by atoms with Crippen LogP contribution in [0.5, 0.6) is 0 Å². The average Bonchev–Trinajstić information content (AvgIpc) is 2.82. The van der Waals surface area contributed by atoms with Crippen LogP contribution in [0.1, 0.15) is 13.0 Å². The fourth-order valence-electron chi connectivity index (χ4n) is 2.09. The maximum Gasteiger partial charge on any atom is 0.107 e. The minimum atomic E-state index is 0.0193. The number of aliphatic hydroxyl groups is 1. The molecule has 1 aromatic carbocycles. The molecule has 0 aliphatic rings. The summed E-state index contributed by atoms with van der Waals surface area (Å²) < 4.78 is 2.00. The summed E-state index contributed by atoms with van der Waals surface area (Å²) >= 11 is 0. The molecule has 17 heavy (non-hydrogen) atoms. The van der Waals surface area contributed by atoms with E-state index in [2.05, 4.69) is 9.97 Å². The molecule has 4 nitrogen and oxygen atoms in total. The van der Waals surface area contributed by atoms with Crippen molar-refractivity contribution in [2.75, 3.05) is 6.61 Å². The minimum Gasteiger partial charge on any atom is -0.394 e. The number of rotatable bonds is 2. The molecule has 2 aromatic heterocycles. The molecule has 0 saturated heterocycles. The number of imidazole rings is 1. The lowest BCUT2D eigenvalue weighted by Gasteiger charge is -2.11. The summed E-state index contributed by atoms with van der Waals surface area (Å²) in [6.45, 7) is 2.07. The summed E-state index contributed by atoms with van der Waals surface area (Å²) in [5.74, 6) is 0. The Hall–Kier alpha value is -1.94. The topological polar surface area (TPSA) is 50.9 Å². The fraction of sp³-hybridized carbons (Fsp3) is 0.231. The first kappa shape index (κ1) is 10.2. The summed E-state index contributed by atoms with van der Waals surface area (Å²) in [7, 11) is 0. The molecule has 3 rings (SSSR count). The summed E-state index contributed by atoms with van der Waals surface area (Å²) in [5.41, 5.74) is 2.85. The lowest BCUT2D eigenvalue weighted by molar-refractivity contribution is 0.241. The smallest absolute Gasteiger partial charge is 0.107 e. The van der Waals surface area contributed by atoms with E-state index in [0.717, 1.165) is 21.9 Å². The number of aromatic nitrogens is 3. The highest BCUT2D eigenvalue weighted by molar-refractivity contribution is 6.01. The van der Waals surface area contributed by atoms with Crippen LogP contribution in [0, 0.1) is 0 Å². The zero-order chi connectivity index (χ0) is 11.8.